The van der Waals surface area contributed by atoms with Crippen LogP contribution in [0.2, 0.25) is 0 Å². The standard InChI is InChI=1S/C14H13N3OS.C14H17N3OS.Al.Li.4H/c1-15-14(5-8-18-9-6-14)13-17-12(10-19-13)11-4-2-3-7-16-11;15-10-14(4-7-18-8-5-14)13-17-12(9-19-13)11-3-1-2-6-16-11;;;;;;/h2-4,7,10H,5-6,8-9H2;1-3,6,9H,4-5,7-8,10,15H2;;;;;;/q;;;+1;;;;-1. The van der Waals surface area contributed by atoms with Crippen molar-refractivity contribution < 1.29 is 29.8 Å². The maximum Gasteiger partial charge on any atom is 1.00 e. The molecular formula is C28H34AlLiN6O2S2. The van der Waals surface area contributed by atoms with Gasteiger partial charge in [0.05, 0.1) is 43.1 Å². The first-order valence-corrected chi connectivity index (χ1v) is 14.4. The van der Waals surface area contributed by atoms with Crippen LogP contribution in [0.25, 0.3) is 27.6 Å². The van der Waals surface area contributed by atoms with E-state index in [1.165, 1.54) is 0 Å². The molecule has 0 bridgehead atoms. The summed E-state index contributed by atoms with van der Waals surface area (Å²) in [4.78, 5) is 21.9. The second-order valence-corrected chi connectivity index (χ2v) is 11.1. The van der Waals surface area contributed by atoms with E-state index in [1.54, 1.807) is 35.1 Å². The minimum Gasteiger partial charge on any atom is -1.00 e. The van der Waals surface area contributed by atoms with Crippen LogP contribution in [0.4, 0.5) is 0 Å². The molecule has 0 radical (unpaired) electrons. The minimum absolute atomic E-state index is 0. The molecule has 0 aliphatic carbocycles. The van der Waals surface area contributed by atoms with E-state index in [-0.39, 0.29) is 43.1 Å². The molecule has 0 amide bonds. The summed E-state index contributed by atoms with van der Waals surface area (Å²) >= 11 is 3.24. The average molecular weight is 585 g/mol. The van der Waals surface area contributed by atoms with Crippen molar-refractivity contribution in [2.24, 2.45) is 5.73 Å². The zero-order valence-electron chi connectivity index (χ0n) is 23.1. The van der Waals surface area contributed by atoms with Crippen LogP contribution in [0.15, 0.2) is 59.6 Å². The molecule has 2 fully saturated rings. The molecule has 2 aliphatic heterocycles. The monoisotopic (exact) mass is 584 g/mol. The molecule has 2 saturated heterocycles. The third-order valence-corrected chi connectivity index (χ3v) is 9.21. The number of hydrogen-bond donors (Lipinski definition) is 1. The Labute approximate surface area is 267 Å². The Morgan fingerprint density at radius 3 is 1.77 bits per heavy atom. The molecular weight excluding hydrogens is 550 g/mol. The molecule has 4 aromatic heterocycles. The van der Waals surface area contributed by atoms with E-state index in [0.717, 1.165) is 71.7 Å². The summed E-state index contributed by atoms with van der Waals surface area (Å²) in [6, 6.07) is 11.6. The Morgan fingerprint density at radius 1 is 0.800 bits per heavy atom. The van der Waals surface area contributed by atoms with Gasteiger partial charge in [0.1, 0.15) is 10.7 Å². The fraction of sp³-hybridized carbons (Fsp3) is 0.393. The van der Waals surface area contributed by atoms with Gasteiger partial charge in [-0.15, -0.1) is 22.7 Å². The summed E-state index contributed by atoms with van der Waals surface area (Å²) in [5.74, 6) is 0. The number of pyridine rings is 2. The van der Waals surface area contributed by atoms with Gasteiger partial charge < -0.3 is 21.5 Å². The molecule has 0 spiro atoms. The quantitative estimate of drug-likeness (QED) is 0.279. The first-order valence-electron chi connectivity index (χ1n) is 12.7. The molecule has 204 valence electrons. The Balaban J connectivity index is 0.000000267. The Kier molecular flexibility index (Phi) is 12.5. The summed E-state index contributed by atoms with van der Waals surface area (Å²) in [7, 11) is 0. The van der Waals surface area contributed by atoms with Gasteiger partial charge in [-0.25, -0.2) is 16.5 Å². The van der Waals surface area contributed by atoms with Crippen LogP contribution in [-0.4, -0.2) is 70.3 Å². The van der Waals surface area contributed by atoms with Crippen LogP contribution >= 0.6 is 22.7 Å². The first kappa shape index (κ1) is 32.6. The van der Waals surface area contributed by atoms with Crippen molar-refractivity contribution in [2.45, 2.75) is 36.6 Å². The smallest absolute Gasteiger partial charge is 1.00 e. The molecule has 2 N–H and O–H groups in total. The van der Waals surface area contributed by atoms with Gasteiger partial charge in [-0.2, -0.15) is 0 Å². The fourth-order valence-corrected chi connectivity index (χ4v) is 6.72. The maximum absolute atomic E-state index is 7.52. The number of ether oxygens (including phenoxy) is 2. The molecule has 0 atom stereocenters. The van der Waals surface area contributed by atoms with Crippen molar-refractivity contribution in [1.29, 1.82) is 0 Å². The predicted molar refractivity (Wildman–Crippen MR) is 161 cm³/mol. The molecule has 40 heavy (non-hydrogen) atoms. The topological polar surface area (TPSA) is 100 Å². The Hall–Kier alpha value is -1.94. The summed E-state index contributed by atoms with van der Waals surface area (Å²) < 4.78 is 10.8. The number of hydrogen-bond acceptors (Lipinski definition) is 9. The molecule has 0 unspecified atom stereocenters. The van der Waals surface area contributed by atoms with Crippen LogP contribution in [0.1, 0.15) is 37.1 Å². The van der Waals surface area contributed by atoms with Gasteiger partial charge in [0, 0.05) is 48.3 Å². The molecule has 6 rings (SSSR count). The summed E-state index contributed by atoms with van der Waals surface area (Å²) in [6.45, 7) is 11.0. The normalized spacial score (nSPS) is 17.2. The molecule has 6 heterocycles. The number of nitrogens with two attached hydrogens (primary N) is 1. The van der Waals surface area contributed by atoms with Crippen molar-refractivity contribution in [2.75, 3.05) is 33.0 Å². The van der Waals surface area contributed by atoms with Crippen molar-refractivity contribution in [1.82, 2.24) is 19.9 Å². The molecule has 0 aromatic carbocycles. The second kappa shape index (κ2) is 15.3. The fourth-order valence-electron chi connectivity index (χ4n) is 4.62. The van der Waals surface area contributed by atoms with Gasteiger partial charge in [0.25, 0.3) is 5.54 Å². The summed E-state index contributed by atoms with van der Waals surface area (Å²) in [6.07, 6.45) is 6.92. The zero-order valence-corrected chi connectivity index (χ0v) is 23.7. The van der Waals surface area contributed by atoms with Crippen molar-refractivity contribution in [3.63, 3.8) is 0 Å². The van der Waals surface area contributed by atoms with Crippen LogP contribution < -0.4 is 24.6 Å². The second-order valence-electron chi connectivity index (χ2n) is 9.36. The zero-order chi connectivity index (χ0) is 26.3. The van der Waals surface area contributed by atoms with Crippen LogP contribution in [0, 0.1) is 6.57 Å². The van der Waals surface area contributed by atoms with Crippen molar-refractivity contribution in [3.05, 3.63) is 81.0 Å². The van der Waals surface area contributed by atoms with Gasteiger partial charge in [-0.1, -0.05) is 12.1 Å². The minimum atomic E-state index is -0.490. The van der Waals surface area contributed by atoms with E-state index in [4.69, 9.17) is 26.8 Å². The van der Waals surface area contributed by atoms with Crippen LogP contribution in [0.5, 0.6) is 0 Å². The molecule has 12 heteroatoms. The number of aromatic nitrogens is 4. The third kappa shape index (κ3) is 7.27. The van der Waals surface area contributed by atoms with Crippen LogP contribution in [0.3, 0.4) is 0 Å². The summed E-state index contributed by atoms with van der Waals surface area (Å²) in [5.41, 5.74) is 9.10. The number of thiazole rings is 2. The van der Waals surface area contributed by atoms with E-state index < -0.39 is 5.54 Å². The third-order valence-electron chi connectivity index (χ3n) is 7.09. The first-order chi connectivity index (χ1) is 18.7. The average Bonchev–Trinajstić information content (AvgIpc) is 3.71. The number of nitrogens with zero attached hydrogens (tertiary/aromatic N) is 5. The van der Waals surface area contributed by atoms with E-state index in [0.29, 0.717) is 19.8 Å². The Morgan fingerprint density at radius 2 is 1.30 bits per heavy atom. The molecule has 2 aliphatic rings. The van der Waals surface area contributed by atoms with E-state index >= 15 is 0 Å². The van der Waals surface area contributed by atoms with E-state index in [1.807, 2.05) is 41.8 Å². The van der Waals surface area contributed by atoms with Crippen LogP contribution in [-0.2, 0) is 20.4 Å². The SMILES string of the molecule is NCC1(c2nc(-c3ccccn3)cs2)CCOCC1.[AlH3].[C-]#[N+]C1(c2nc(-c3ccccn3)cs2)CCOCC1.[H-].[Li+]. The number of rotatable bonds is 5. The summed E-state index contributed by atoms with van der Waals surface area (Å²) in [5, 5.41) is 6.08. The maximum atomic E-state index is 7.52. The van der Waals surface area contributed by atoms with E-state index in [9.17, 15) is 0 Å². The van der Waals surface area contributed by atoms with Gasteiger partial charge in [0.2, 0.25) is 0 Å². The van der Waals surface area contributed by atoms with Crippen molar-refractivity contribution in [3.8, 4) is 22.8 Å². The van der Waals surface area contributed by atoms with Crippen molar-refractivity contribution >= 4 is 40.0 Å². The molecule has 0 saturated carbocycles. The van der Waals surface area contributed by atoms with Gasteiger partial charge in [-0.05, 0) is 37.1 Å². The predicted octanol–water partition coefficient (Wildman–Crippen LogP) is 1.27. The largest absolute Gasteiger partial charge is 1.00 e. The van der Waals surface area contributed by atoms with Gasteiger partial charge in [-0.3, -0.25) is 9.97 Å². The van der Waals surface area contributed by atoms with E-state index in [2.05, 4.69) is 25.2 Å². The van der Waals surface area contributed by atoms with Gasteiger partial charge in [0.15, 0.2) is 22.4 Å². The molecule has 4 aromatic rings. The molecule has 8 nitrogen and oxygen atoms in total. The van der Waals surface area contributed by atoms with Gasteiger partial charge >= 0.3 is 18.9 Å². The Bertz CT molecular complexity index is 1360.